The van der Waals surface area contributed by atoms with Gasteiger partial charge in [-0.2, -0.15) is 5.10 Å². The zero-order valence-corrected chi connectivity index (χ0v) is 16.1. The van der Waals surface area contributed by atoms with E-state index in [-0.39, 0.29) is 6.54 Å². The number of amides is 2. The summed E-state index contributed by atoms with van der Waals surface area (Å²) < 4.78 is 10.8. The van der Waals surface area contributed by atoms with Gasteiger partial charge in [-0.1, -0.05) is 41.9 Å². The van der Waals surface area contributed by atoms with Crippen molar-refractivity contribution in [3.05, 3.63) is 88.8 Å². The zero-order valence-electron chi connectivity index (χ0n) is 15.3. The van der Waals surface area contributed by atoms with Crippen LogP contribution in [0.3, 0.4) is 0 Å². The maximum Gasteiger partial charge on any atom is 0.329 e. The molecule has 0 saturated carbocycles. The molecule has 8 heteroatoms. The molecule has 2 N–H and O–H groups in total. The van der Waals surface area contributed by atoms with Gasteiger partial charge in [0.2, 0.25) is 0 Å². The fraction of sp³-hybridized carbons (Fsp3) is 0.0952. The van der Waals surface area contributed by atoms with Crippen LogP contribution in [0.2, 0.25) is 5.02 Å². The molecule has 0 fully saturated rings. The minimum absolute atomic E-state index is 0.114. The Hall–Kier alpha value is -3.58. The van der Waals surface area contributed by atoms with Gasteiger partial charge in [0.1, 0.15) is 18.1 Å². The first-order chi connectivity index (χ1) is 14.1. The Balaban J connectivity index is 1.47. The molecule has 0 aliphatic heterocycles. The van der Waals surface area contributed by atoms with E-state index in [1.807, 2.05) is 30.3 Å². The van der Waals surface area contributed by atoms with Gasteiger partial charge in [-0.15, -0.1) is 0 Å². The molecule has 3 rings (SSSR count). The van der Waals surface area contributed by atoms with Crippen molar-refractivity contribution in [2.75, 3.05) is 0 Å². The monoisotopic (exact) mass is 411 g/mol. The van der Waals surface area contributed by atoms with E-state index in [1.54, 1.807) is 30.3 Å². The predicted octanol–water partition coefficient (Wildman–Crippen LogP) is 3.28. The lowest BCUT2D eigenvalue weighted by Gasteiger charge is -2.08. The van der Waals surface area contributed by atoms with Gasteiger partial charge < -0.3 is 14.5 Å². The molecule has 0 aliphatic carbocycles. The van der Waals surface area contributed by atoms with Crippen LogP contribution in [0.4, 0.5) is 0 Å². The molecule has 0 spiro atoms. The van der Waals surface area contributed by atoms with Crippen molar-refractivity contribution in [3.63, 3.8) is 0 Å². The summed E-state index contributed by atoms with van der Waals surface area (Å²) >= 11 is 6.23. The number of hydrogen-bond donors (Lipinski definition) is 2. The highest BCUT2D eigenvalue weighted by Gasteiger charge is 2.12. The maximum absolute atomic E-state index is 11.7. The number of rotatable bonds is 7. The Labute approximate surface area is 172 Å². The van der Waals surface area contributed by atoms with Gasteiger partial charge in [0.05, 0.1) is 24.0 Å². The summed E-state index contributed by atoms with van der Waals surface area (Å²) in [5, 5.41) is 6.59. The molecule has 1 heterocycles. The van der Waals surface area contributed by atoms with Crippen LogP contribution in [0.15, 0.2) is 76.4 Å². The second kappa shape index (κ2) is 10.1. The van der Waals surface area contributed by atoms with E-state index in [2.05, 4.69) is 15.8 Å². The fourth-order valence-electron chi connectivity index (χ4n) is 2.33. The molecule has 0 saturated heterocycles. The van der Waals surface area contributed by atoms with Crippen molar-refractivity contribution in [1.29, 1.82) is 0 Å². The second-order valence-electron chi connectivity index (χ2n) is 5.93. The Bertz CT molecular complexity index is 988. The van der Waals surface area contributed by atoms with E-state index in [9.17, 15) is 9.59 Å². The van der Waals surface area contributed by atoms with Crippen molar-refractivity contribution in [2.45, 2.75) is 13.2 Å². The molecule has 0 bridgehead atoms. The number of carbonyl (C=O) groups is 2. The van der Waals surface area contributed by atoms with Crippen LogP contribution in [0.25, 0.3) is 0 Å². The Morgan fingerprint density at radius 2 is 1.90 bits per heavy atom. The van der Waals surface area contributed by atoms with Crippen molar-refractivity contribution in [2.24, 2.45) is 5.10 Å². The first kappa shape index (κ1) is 20.2. The maximum atomic E-state index is 11.7. The van der Waals surface area contributed by atoms with E-state index in [0.717, 1.165) is 5.56 Å². The number of hydrogen-bond acceptors (Lipinski definition) is 5. The molecule has 0 atom stereocenters. The average molecular weight is 412 g/mol. The van der Waals surface area contributed by atoms with Gasteiger partial charge in [-0.25, -0.2) is 5.43 Å². The normalized spacial score (nSPS) is 10.7. The highest BCUT2D eigenvalue weighted by Crippen LogP contribution is 2.25. The molecule has 148 valence electrons. The summed E-state index contributed by atoms with van der Waals surface area (Å²) in [6.07, 6.45) is 2.86. The van der Waals surface area contributed by atoms with Gasteiger partial charge in [-0.05, 0) is 41.5 Å². The van der Waals surface area contributed by atoms with Crippen LogP contribution in [0, 0.1) is 0 Å². The summed E-state index contributed by atoms with van der Waals surface area (Å²) in [7, 11) is 0. The minimum Gasteiger partial charge on any atom is -0.487 e. The molecule has 0 radical (unpaired) electrons. The molecule has 3 aromatic rings. The molecule has 0 unspecified atom stereocenters. The summed E-state index contributed by atoms with van der Waals surface area (Å²) in [4.78, 5) is 23.4. The Morgan fingerprint density at radius 3 is 2.62 bits per heavy atom. The standard InChI is InChI=1S/C21H18ClN3O4/c22-18-11-16(8-9-19(18)29-14-15-5-2-1-3-6-15)12-24-25-21(27)20(26)23-13-17-7-4-10-28-17/h1-12H,13-14H2,(H,23,26)(H,25,27)/b24-12-. The SMILES string of the molecule is O=C(NCc1ccco1)C(=O)N/N=C\c1ccc(OCc2ccccc2)c(Cl)c1. The molecule has 29 heavy (non-hydrogen) atoms. The van der Waals surface area contributed by atoms with Crippen LogP contribution in [0.5, 0.6) is 5.75 Å². The number of benzene rings is 2. The van der Waals surface area contributed by atoms with Crippen LogP contribution in [-0.2, 0) is 22.7 Å². The van der Waals surface area contributed by atoms with Gasteiger partial charge in [0.15, 0.2) is 0 Å². The smallest absolute Gasteiger partial charge is 0.329 e. The number of nitrogens with one attached hydrogen (secondary N) is 2. The quantitative estimate of drug-likeness (QED) is 0.354. The third-order valence-corrected chi connectivity index (χ3v) is 4.08. The molecular weight excluding hydrogens is 394 g/mol. The van der Waals surface area contributed by atoms with E-state index >= 15 is 0 Å². The molecule has 2 aromatic carbocycles. The molecule has 2 amide bonds. The number of ether oxygens (including phenoxy) is 1. The van der Waals surface area contributed by atoms with E-state index in [1.165, 1.54) is 12.5 Å². The third-order valence-electron chi connectivity index (χ3n) is 3.78. The van der Waals surface area contributed by atoms with Crippen molar-refractivity contribution in [1.82, 2.24) is 10.7 Å². The summed E-state index contributed by atoms with van der Waals surface area (Å²) in [6, 6.07) is 18.2. The number of furan rings is 1. The molecule has 0 aliphatic rings. The van der Waals surface area contributed by atoms with E-state index in [4.69, 9.17) is 20.8 Å². The first-order valence-electron chi connectivity index (χ1n) is 8.72. The van der Waals surface area contributed by atoms with Crippen molar-refractivity contribution >= 4 is 29.6 Å². The number of halogens is 1. The molecule has 7 nitrogen and oxygen atoms in total. The average Bonchev–Trinajstić information content (AvgIpc) is 3.26. The number of nitrogens with zero attached hydrogens (tertiary/aromatic N) is 1. The summed E-state index contributed by atoms with van der Waals surface area (Å²) in [5.41, 5.74) is 3.82. The zero-order chi connectivity index (χ0) is 20.5. The van der Waals surface area contributed by atoms with Crippen LogP contribution in [-0.4, -0.2) is 18.0 Å². The van der Waals surface area contributed by atoms with Crippen LogP contribution in [0.1, 0.15) is 16.9 Å². The lowest BCUT2D eigenvalue weighted by atomic mass is 10.2. The van der Waals surface area contributed by atoms with Crippen LogP contribution < -0.4 is 15.5 Å². The highest BCUT2D eigenvalue weighted by molar-refractivity contribution is 6.35. The van der Waals surface area contributed by atoms with Gasteiger partial charge in [0, 0.05) is 0 Å². The third kappa shape index (κ3) is 6.22. The largest absolute Gasteiger partial charge is 0.487 e. The lowest BCUT2D eigenvalue weighted by molar-refractivity contribution is -0.139. The summed E-state index contributed by atoms with van der Waals surface area (Å²) in [6.45, 7) is 0.514. The lowest BCUT2D eigenvalue weighted by Crippen LogP contribution is -2.37. The van der Waals surface area contributed by atoms with Crippen molar-refractivity contribution < 1.29 is 18.7 Å². The molecular formula is C21H18ClN3O4. The van der Waals surface area contributed by atoms with Gasteiger partial charge >= 0.3 is 11.8 Å². The first-order valence-corrected chi connectivity index (χ1v) is 9.09. The number of hydrazone groups is 1. The van der Waals surface area contributed by atoms with Gasteiger partial charge in [0.25, 0.3) is 0 Å². The minimum atomic E-state index is -0.887. The van der Waals surface area contributed by atoms with Crippen molar-refractivity contribution in [3.8, 4) is 5.75 Å². The van der Waals surface area contributed by atoms with E-state index in [0.29, 0.717) is 28.7 Å². The van der Waals surface area contributed by atoms with Crippen LogP contribution >= 0.6 is 11.6 Å². The van der Waals surface area contributed by atoms with E-state index < -0.39 is 11.8 Å². The molecule has 1 aromatic heterocycles. The Morgan fingerprint density at radius 1 is 1.07 bits per heavy atom. The number of carbonyl (C=O) groups excluding carboxylic acids is 2. The predicted molar refractivity (Wildman–Crippen MR) is 109 cm³/mol. The fourth-order valence-corrected chi connectivity index (χ4v) is 2.57. The second-order valence-corrected chi connectivity index (χ2v) is 6.33. The Kier molecular flexibility index (Phi) is 7.02. The highest BCUT2D eigenvalue weighted by atomic mass is 35.5. The van der Waals surface area contributed by atoms with Gasteiger partial charge in [-0.3, -0.25) is 9.59 Å². The summed E-state index contributed by atoms with van der Waals surface area (Å²) in [5.74, 6) is -0.629. The topological polar surface area (TPSA) is 92.9 Å².